The van der Waals surface area contributed by atoms with Crippen LogP contribution < -0.4 is 10.6 Å². The van der Waals surface area contributed by atoms with Gasteiger partial charge in [-0.3, -0.25) is 14.9 Å². The van der Waals surface area contributed by atoms with E-state index in [0.717, 1.165) is 16.5 Å². The molecule has 0 aliphatic heterocycles. The smallest absolute Gasteiger partial charge is 0.262 e. The van der Waals surface area contributed by atoms with Crippen molar-refractivity contribution in [2.24, 2.45) is 0 Å². The zero-order valence-electron chi connectivity index (χ0n) is 13.1. The van der Waals surface area contributed by atoms with Crippen LogP contribution in [0.25, 0.3) is 10.1 Å². The topological polar surface area (TPSA) is 99.8 Å². The Morgan fingerprint density at radius 2 is 2.17 bits per heavy atom. The number of amides is 2. The number of aromatic amines is 1. The molecule has 0 saturated heterocycles. The summed E-state index contributed by atoms with van der Waals surface area (Å²) < 4.78 is 1.04. The van der Waals surface area contributed by atoms with Gasteiger partial charge in [0.15, 0.2) is 0 Å². The van der Waals surface area contributed by atoms with Gasteiger partial charge in [-0.25, -0.2) is 5.10 Å². The number of aromatic nitrogens is 3. The van der Waals surface area contributed by atoms with Crippen LogP contribution >= 0.6 is 11.3 Å². The minimum atomic E-state index is -0.627. The van der Waals surface area contributed by atoms with E-state index in [2.05, 4.69) is 25.8 Å². The molecule has 3 aromatic rings. The van der Waals surface area contributed by atoms with Crippen LogP contribution in [-0.2, 0) is 4.79 Å². The molecule has 2 amide bonds. The van der Waals surface area contributed by atoms with Gasteiger partial charge in [0.1, 0.15) is 12.4 Å². The summed E-state index contributed by atoms with van der Waals surface area (Å²) in [5.74, 6) is -0.303. The molecular weight excluding hydrogens is 326 g/mol. The zero-order chi connectivity index (χ0) is 16.9. The number of nitrogens with zero attached hydrogens (tertiary/aromatic N) is 2. The van der Waals surface area contributed by atoms with Crippen LogP contribution in [0.2, 0.25) is 0 Å². The normalized spacial score (nSPS) is 12.0. The molecular formula is C16H17N5O2S. The highest BCUT2D eigenvalue weighted by Crippen LogP contribution is 2.25. The third kappa shape index (κ3) is 3.60. The third-order valence-corrected chi connectivity index (χ3v) is 4.62. The van der Waals surface area contributed by atoms with Crippen molar-refractivity contribution in [1.82, 2.24) is 20.5 Å². The number of H-pyrrole nitrogens is 1. The number of anilines is 1. The molecule has 1 atom stereocenters. The number of hydrogen-bond acceptors (Lipinski definition) is 5. The van der Waals surface area contributed by atoms with E-state index < -0.39 is 6.04 Å². The first kappa shape index (κ1) is 16.1. The van der Waals surface area contributed by atoms with E-state index in [-0.39, 0.29) is 17.8 Å². The molecule has 0 fully saturated rings. The predicted octanol–water partition coefficient (Wildman–Crippen LogP) is 2.56. The van der Waals surface area contributed by atoms with E-state index in [0.29, 0.717) is 11.3 Å². The minimum absolute atomic E-state index is 0.248. The molecule has 0 unspecified atom stereocenters. The Kier molecular flexibility index (Phi) is 4.85. The van der Waals surface area contributed by atoms with Crippen molar-refractivity contribution < 1.29 is 9.59 Å². The lowest BCUT2D eigenvalue weighted by Gasteiger charge is -2.16. The monoisotopic (exact) mass is 343 g/mol. The van der Waals surface area contributed by atoms with Crippen molar-refractivity contribution in [2.75, 3.05) is 5.32 Å². The van der Waals surface area contributed by atoms with Crippen LogP contribution in [0.4, 0.5) is 5.95 Å². The Hall–Kier alpha value is -2.74. The Balaban J connectivity index is 1.72. The molecule has 0 aliphatic carbocycles. The first-order valence-electron chi connectivity index (χ1n) is 7.63. The predicted molar refractivity (Wildman–Crippen MR) is 93.0 cm³/mol. The van der Waals surface area contributed by atoms with Gasteiger partial charge >= 0.3 is 0 Å². The van der Waals surface area contributed by atoms with E-state index in [4.69, 9.17) is 0 Å². The molecule has 124 valence electrons. The van der Waals surface area contributed by atoms with Crippen LogP contribution in [0, 0.1) is 0 Å². The van der Waals surface area contributed by atoms with Crippen LogP contribution in [0.3, 0.4) is 0 Å². The fourth-order valence-corrected chi connectivity index (χ4v) is 3.32. The van der Waals surface area contributed by atoms with Gasteiger partial charge in [0.05, 0.1) is 4.88 Å². The lowest BCUT2D eigenvalue weighted by atomic mass is 10.1. The Bertz CT molecular complexity index is 810. The van der Waals surface area contributed by atoms with Crippen LogP contribution in [0.1, 0.15) is 29.4 Å². The van der Waals surface area contributed by atoms with Gasteiger partial charge in [0.2, 0.25) is 11.9 Å². The quantitative estimate of drug-likeness (QED) is 0.640. The molecule has 24 heavy (non-hydrogen) atoms. The van der Waals surface area contributed by atoms with E-state index in [1.807, 2.05) is 37.3 Å². The van der Waals surface area contributed by atoms with Crippen molar-refractivity contribution in [3.8, 4) is 0 Å². The number of benzene rings is 1. The molecule has 0 bridgehead atoms. The number of carbonyl (C=O) groups is 2. The van der Waals surface area contributed by atoms with Crippen LogP contribution in [0.5, 0.6) is 0 Å². The molecule has 0 aliphatic rings. The maximum atomic E-state index is 12.5. The molecule has 0 spiro atoms. The summed E-state index contributed by atoms with van der Waals surface area (Å²) in [6, 6.07) is 9.01. The summed E-state index contributed by atoms with van der Waals surface area (Å²) in [6.45, 7) is 1.96. The molecule has 1 aromatic carbocycles. The highest BCUT2D eigenvalue weighted by molar-refractivity contribution is 7.20. The summed E-state index contributed by atoms with van der Waals surface area (Å²) in [5.41, 5.74) is 0. The second kappa shape index (κ2) is 7.22. The lowest BCUT2D eigenvalue weighted by molar-refractivity contribution is -0.118. The second-order valence-electron chi connectivity index (χ2n) is 5.29. The van der Waals surface area contributed by atoms with Crippen molar-refractivity contribution in [2.45, 2.75) is 25.8 Å². The largest absolute Gasteiger partial charge is 0.340 e. The molecule has 8 heteroatoms. The third-order valence-electron chi connectivity index (χ3n) is 3.51. The summed E-state index contributed by atoms with van der Waals surface area (Å²) in [5, 5.41) is 12.7. The highest BCUT2D eigenvalue weighted by Gasteiger charge is 2.22. The van der Waals surface area contributed by atoms with Gasteiger partial charge in [-0.1, -0.05) is 31.5 Å². The van der Waals surface area contributed by atoms with Crippen molar-refractivity contribution in [3.05, 3.63) is 41.5 Å². The minimum Gasteiger partial charge on any atom is -0.340 e. The number of hydrogen-bond donors (Lipinski definition) is 3. The molecule has 2 aromatic heterocycles. The SMILES string of the molecule is CCC[C@@H](NC(=O)c1cc2ccccc2s1)C(=O)Nc1ncn[nH]1. The Labute approximate surface area is 142 Å². The fraction of sp³-hybridized carbons (Fsp3) is 0.250. The maximum Gasteiger partial charge on any atom is 0.262 e. The number of carbonyl (C=O) groups excluding carboxylic acids is 2. The average molecular weight is 343 g/mol. The van der Waals surface area contributed by atoms with E-state index in [1.54, 1.807) is 0 Å². The summed E-state index contributed by atoms with van der Waals surface area (Å²) >= 11 is 1.41. The summed E-state index contributed by atoms with van der Waals surface area (Å²) in [6.07, 6.45) is 2.61. The van der Waals surface area contributed by atoms with Gasteiger partial charge < -0.3 is 5.32 Å². The van der Waals surface area contributed by atoms with Crippen molar-refractivity contribution in [3.63, 3.8) is 0 Å². The second-order valence-corrected chi connectivity index (χ2v) is 6.37. The number of fused-ring (bicyclic) bond motifs is 1. The van der Waals surface area contributed by atoms with Gasteiger partial charge in [-0.2, -0.15) is 10.1 Å². The first-order chi connectivity index (χ1) is 11.7. The van der Waals surface area contributed by atoms with Crippen molar-refractivity contribution in [1.29, 1.82) is 0 Å². The lowest BCUT2D eigenvalue weighted by Crippen LogP contribution is -2.43. The van der Waals surface area contributed by atoms with E-state index in [9.17, 15) is 9.59 Å². The van der Waals surface area contributed by atoms with Crippen molar-refractivity contribution >= 4 is 39.2 Å². The molecule has 3 N–H and O–H groups in total. The average Bonchev–Trinajstić information content (AvgIpc) is 3.23. The maximum absolute atomic E-state index is 12.5. The van der Waals surface area contributed by atoms with Gasteiger partial charge in [-0.05, 0) is 23.9 Å². The molecule has 7 nitrogen and oxygen atoms in total. The zero-order valence-corrected chi connectivity index (χ0v) is 13.9. The van der Waals surface area contributed by atoms with Gasteiger partial charge in [0, 0.05) is 4.70 Å². The number of rotatable bonds is 6. The Morgan fingerprint density at radius 1 is 1.33 bits per heavy atom. The number of thiophene rings is 1. The van der Waals surface area contributed by atoms with Crippen LogP contribution in [-0.4, -0.2) is 33.0 Å². The standard InChI is InChI=1S/C16H17N5O2S/c1-2-5-11(14(22)20-16-17-9-18-21-16)19-15(23)13-8-10-6-3-4-7-12(10)24-13/h3-4,6-9,11H,2,5H2,1H3,(H,19,23)(H2,17,18,20,21,22)/t11-/m1/s1. The van der Waals surface area contributed by atoms with E-state index in [1.165, 1.54) is 17.7 Å². The van der Waals surface area contributed by atoms with Gasteiger partial charge in [-0.15, -0.1) is 11.3 Å². The van der Waals surface area contributed by atoms with Gasteiger partial charge in [0.25, 0.3) is 5.91 Å². The Morgan fingerprint density at radius 3 is 2.88 bits per heavy atom. The molecule has 3 rings (SSSR count). The molecule has 0 radical (unpaired) electrons. The first-order valence-corrected chi connectivity index (χ1v) is 8.44. The molecule has 0 saturated carbocycles. The summed E-state index contributed by atoms with van der Waals surface area (Å²) in [7, 11) is 0. The number of nitrogens with one attached hydrogen (secondary N) is 3. The van der Waals surface area contributed by atoms with E-state index >= 15 is 0 Å². The van der Waals surface area contributed by atoms with Crippen LogP contribution in [0.15, 0.2) is 36.7 Å². The fourth-order valence-electron chi connectivity index (χ4n) is 2.35. The highest BCUT2D eigenvalue weighted by atomic mass is 32.1. The molecule has 2 heterocycles. The summed E-state index contributed by atoms with van der Waals surface area (Å²) in [4.78, 5) is 29.3.